The Bertz CT molecular complexity index is 825. The number of carbonyl (C=O) groups is 1. The van der Waals surface area contributed by atoms with Gasteiger partial charge in [0.05, 0.1) is 24.8 Å². The van der Waals surface area contributed by atoms with Gasteiger partial charge in [0.15, 0.2) is 5.65 Å². The van der Waals surface area contributed by atoms with E-state index in [1.54, 1.807) is 17.2 Å². The second-order valence-electron chi connectivity index (χ2n) is 7.04. The normalized spacial score (nSPS) is 17.8. The van der Waals surface area contributed by atoms with Crippen LogP contribution in [0.15, 0.2) is 24.2 Å². The molecule has 0 aromatic carbocycles. The van der Waals surface area contributed by atoms with E-state index in [2.05, 4.69) is 31.4 Å². The monoisotopic (exact) mass is 370 g/mol. The number of amides is 1. The van der Waals surface area contributed by atoms with Crippen LogP contribution in [0.25, 0.3) is 11.0 Å². The fraction of sp³-hybridized carbons (Fsp3) is 0.579. The molecule has 1 aliphatic heterocycles. The summed E-state index contributed by atoms with van der Waals surface area (Å²) in [5.74, 6) is 0.821. The van der Waals surface area contributed by atoms with Crippen LogP contribution >= 0.6 is 0 Å². The van der Waals surface area contributed by atoms with Gasteiger partial charge in [-0.1, -0.05) is 11.6 Å². The SMILES string of the molecule is O=C(Cn1ncc2c(N3CCOCC3)ncnc21)NCCC1=CCCCC1. The molecular weight excluding hydrogens is 344 g/mol. The number of allylic oxidation sites excluding steroid dienone is 1. The molecule has 1 aliphatic carbocycles. The summed E-state index contributed by atoms with van der Waals surface area (Å²) >= 11 is 0. The molecule has 8 heteroatoms. The third-order valence-electron chi connectivity index (χ3n) is 5.17. The highest BCUT2D eigenvalue weighted by Crippen LogP contribution is 2.23. The van der Waals surface area contributed by atoms with Crippen LogP contribution < -0.4 is 10.2 Å². The summed E-state index contributed by atoms with van der Waals surface area (Å²) in [5, 5.41) is 8.25. The van der Waals surface area contributed by atoms with E-state index in [-0.39, 0.29) is 12.5 Å². The molecule has 1 saturated heterocycles. The molecule has 0 spiro atoms. The first kappa shape index (κ1) is 17.9. The van der Waals surface area contributed by atoms with E-state index in [0.29, 0.717) is 25.4 Å². The summed E-state index contributed by atoms with van der Waals surface area (Å²) in [7, 11) is 0. The highest BCUT2D eigenvalue weighted by Gasteiger charge is 2.18. The minimum atomic E-state index is -0.0389. The largest absolute Gasteiger partial charge is 0.378 e. The van der Waals surface area contributed by atoms with E-state index in [0.717, 1.165) is 30.7 Å². The molecule has 0 saturated carbocycles. The van der Waals surface area contributed by atoms with E-state index >= 15 is 0 Å². The standard InChI is InChI=1S/C19H26N6O2/c26-17(20-7-6-15-4-2-1-3-5-15)13-25-19-16(12-23-25)18(21-14-22-19)24-8-10-27-11-9-24/h4,12,14H,1-3,5-11,13H2,(H,20,26). The van der Waals surface area contributed by atoms with Crippen LogP contribution in [0.1, 0.15) is 32.1 Å². The van der Waals surface area contributed by atoms with Crippen molar-refractivity contribution in [1.29, 1.82) is 0 Å². The smallest absolute Gasteiger partial charge is 0.241 e. The number of nitrogens with one attached hydrogen (secondary N) is 1. The van der Waals surface area contributed by atoms with Gasteiger partial charge in [-0.3, -0.25) is 4.79 Å². The van der Waals surface area contributed by atoms with E-state index in [4.69, 9.17) is 4.74 Å². The Balaban J connectivity index is 1.38. The number of ether oxygens (including phenoxy) is 1. The third kappa shape index (κ3) is 4.27. The average molecular weight is 370 g/mol. The Morgan fingerprint density at radius 1 is 1.22 bits per heavy atom. The van der Waals surface area contributed by atoms with Crippen LogP contribution in [0, 0.1) is 0 Å². The zero-order valence-electron chi connectivity index (χ0n) is 15.6. The van der Waals surface area contributed by atoms with Crippen molar-refractivity contribution in [3.8, 4) is 0 Å². The molecule has 1 N–H and O–H groups in total. The second kappa shape index (κ2) is 8.47. The molecule has 27 heavy (non-hydrogen) atoms. The molecular formula is C19H26N6O2. The lowest BCUT2D eigenvalue weighted by Gasteiger charge is -2.27. The van der Waals surface area contributed by atoms with Crippen LogP contribution in [0.5, 0.6) is 0 Å². The van der Waals surface area contributed by atoms with Crippen molar-refractivity contribution in [2.24, 2.45) is 0 Å². The number of aromatic nitrogens is 4. The van der Waals surface area contributed by atoms with E-state index in [9.17, 15) is 4.79 Å². The van der Waals surface area contributed by atoms with Gasteiger partial charge >= 0.3 is 0 Å². The summed E-state index contributed by atoms with van der Waals surface area (Å²) in [5.41, 5.74) is 2.16. The quantitative estimate of drug-likeness (QED) is 0.779. The van der Waals surface area contributed by atoms with Crippen molar-refractivity contribution in [2.45, 2.75) is 38.6 Å². The Kier molecular flexibility index (Phi) is 5.62. The molecule has 0 unspecified atom stereocenters. The molecule has 0 atom stereocenters. The summed E-state index contributed by atoms with van der Waals surface area (Å²) < 4.78 is 7.06. The number of rotatable bonds is 6. The zero-order valence-corrected chi connectivity index (χ0v) is 15.6. The van der Waals surface area contributed by atoms with Crippen molar-refractivity contribution in [3.63, 3.8) is 0 Å². The molecule has 3 heterocycles. The summed E-state index contributed by atoms with van der Waals surface area (Å²) in [6.07, 6.45) is 11.4. The Morgan fingerprint density at radius 3 is 2.93 bits per heavy atom. The topological polar surface area (TPSA) is 85.2 Å². The van der Waals surface area contributed by atoms with Gasteiger partial charge < -0.3 is 15.0 Å². The molecule has 0 radical (unpaired) electrons. The molecule has 144 valence electrons. The maximum absolute atomic E-state index is 12.3. The van der Waals surface area contributed by atoms with Crippen molar-refractivity contribution in [3.05, 3.63) is 24.2 Å². The van der Waals surface area contributed by atoms with Crippen molar-refractivity contribution in [2.75, 3.05) is 37.7 Å². The molecule has 2 aliphatic rings. The molecule has 4 rings (SSSR count). The Hall–Kier alpha value is -2.48. The van der Waals surface area contributed by atoms with E-state index in [1.807, 2.05) is 0 Å². The van der Waals surface area contributed by atoms with Crippen LogP contribution in [0.2, 0.25) is 0 Å². The van der Waals surface area contributed by atoms with Crippen LogP contribution in [-0.2, 0) is 16.1 Å². The maximum Gasteiger partial charge on any atom is 0.241 e. The predicted octanol–water partition coefficient (Wildman–Crippen LogP) is 1.67. The fourth-order valence-electron chi connectivity index (χ4n) is 3.71. The first-order valence-electron chi connectivity index (χ1n) is 9.75. The van der Waals surface area contributed by atoms with Gasteiger partial charge in [-0.15, -0.1) is 0 Å². The number of nitrogens with zero attached hydrogens (tertiary/aromatic N) is 5. The molecule has 1 fully saturated rings. The zero-order chi connectivity index (χ0) is 18.5. The van der Waals surface area contributed by atoms with Gasteiger partial charge in [0, 0.05) is 19.6 Å². The summed E-state index contributed by atoms with van der Waals surface area (Å²) in [6, 6.07) is 0. The van der Waals surface area contributed by atoms with Crippen molar-refractivity contribution >= 4 is 22.8 Å². The first-order chi connectivity index (χ1) is 13.3. The fourth-order valence-corrected chi connectivity index (χ4v) is 3.71. The number of fused-ring (bicyclic) bond motifs is 1. The van der Waals surface area contributed by atoms with Gasteiger partial charge in [0.25, 0.3) is 0 Å². The number of carbonyl (C=O) groups excluding carboxylic acids is 1. The average Bonchev–Trinajstić information content (AvgIpc) is 3.12. The van der Waals surface area contributed by atoms with E-state index in [1.165, 1.54) is 31.3 Å². The first-order valence-corrected chi connectivity index (χ1v) is 9.75. The Morgan fingerprint density at radius 2 is 2.11 bits per heavy atom. The second-order valence-corrected chi connectivity index (χ2v) is 7.04. The predicted molar refractivity (Wildman–Crippen MR) is 103 cm³/mol. The maximum atomic E-state index is 12.3. The third-order valence-corrected chi connectivity index (χ3v) is 5.17. The highest BCUT2D eigenvalue weighted by molar-refractivity contribution is 5.87. The van der Waals surface area contributed by atoms with Crippen molar-refractivity contribution in [1.82, 2.24) is 25.1 Å². The van der Waals surface area contributed by atoms with Gasteiger partial charge in [0.1, 0.15) is 18.7 Å². The van der Waals surface area contributed by atoms with Gasteiger partial charge in [0.2, 0.25) is 5.91 Å². The van der Waals surface area contributed by atoms with Crippen LogP contribution in [-0.4, -0.2) is 58.5 Å². The minimum absolute atomic E-state index is 0.0389. The lowest BCUT2D eigenvalue weighted by Crippen LogP contribution is -2.36. The van der Waals surface area contributed by atoms with Gasteiger partial charge in [-0.2, -0.15) is 5.10 Å². The van der Waals surface area contributed by atoms with Crippen LogP contribution in [0.3, 0.4) is 0 Å². The molecule has 2 aromatic heterocycles. The highest BCUT2D eigenvalue weighted by atomic mass is 16.5. The molecule has 1 amide bonds. The molecule has 0 bridgehead atoms. The van der Waals surface area contributed by atoms with Crippen LogP contribution in [0.4, 0.5) is 5.82 Å². The lowest BCUT2D eigenvalue weighted by atomic mass is 9.97. The number of morpholine rings is 1. The summed E-state index contributed by atoms with van der Waals surface area (Å²) in [4.78, 5) is 23.3. The van der Waals surface area contributed by atoms with Gasteiger partial charge in [-0.05, 0) is 32.1 Å². The van der Waals surface area contributed by atoms with Crippen molar-refractivity contribution < 1.29 is 9.53 Å². The van der Waals surface area contributed by atoms with E-state index < -0.39 is 0 Å². The minimum Gasteiger partial charge on any atom is -0.378 e. The van der Waals surface area contributed by atoms with Gasteiger partial charge in [-0.25, -0.2) is 14.6 Å². The summed E-state index contributed by atoms with van der Waals surface area (Å²) in [6.45, 7) is 3.83. The lowest BCUT2D eigenvalue weighted by molar-refractivity contribution is -0.121. The number of anilines is 1. The number of hydrogen-bond donors (Lipinski definition) is 1. The molecule has 2 aromatic rings. The molecule has 8 nitrogen and oxygen atoms in total. The Labute approximate surface area is 158 Å². The number of hydrogen-bond acceptors (Lipinski definition) is 6.